The molecule has 0 saturated carbocycles. The largest absolute Gasteiger partial charge is 0.491 e. The Hall–Kier alpha value is -2.41. The number of allylic oxidation sites excluding steroid dienone is 1. The van der Waals surface area contributed by atoms with Gasteiger partial charge in [0, 0.05) is 37.3 Å². The summed E-state index contributed by atoms with van der Waals surface area (Å²) >= 11 is 0. The van der Waals surface area contributed by atoms with E-state index in [1.807, 2.05) is 11.9 Å². The molecule has 1 N–H and O–H groups in total. The maximum Gasteiger partial charge on any atom is 0.339 e. The molecule has 0 radical (unpaired) electrons. The van der Waals surface area contributed by atoms with E-state index in [1.54, 1.807) is 0 Å². The zero-order chi connectivity index (χ0) is 20.7. The molecule has 2 atom stereocenters. The first-order valence-electron chi connectivity index (χ1n) is 10.3. The van der Waals surface area contributed by atoms with E-state index < -0.39 is 17.6 Å². The molecule has 6 nitrogen and oxygen atoms in total. The minimum atomic E-state index is -1.27. The van der Waals surface area contributed by atoms with Crippen molar-refractivity contribution in [3.63, 3.8) is 0 Å². The van der Waals surface area contributed by atoms with Crippen LogP contribution in [-0.4, -0.2) is 61.6 Å². The minimum Gasteiger partial charge on any atom is -0.491 e. The van der Waals surface area contributed by atoms with E-state index in [-0.39, 0.29) is 23.0 Å². The molecule has 0 spiro atoms. The van der Waals surface area contributed by atoms with Crippen LogP contribution in [0.3, 0.4) is 0 Å². The first-order valence-corrected chi connectivity index (χ1v) is 10.3. The van der Waals surface area contributed by atoms with Crippen LogP contribution in [0.25, 0.3) is 0 Å². The molecule has 1 aliphatic carbocycles. The summed E-state index contributed by atoms with van der Waals surface area (Å²) in [6.07, 6.45) is 3.38. The number of carboxylic acids is 1. The van der Waals surface area contributed by atoms with Crippen molar-refractivity contribution in [2.45, 2.75) is 26.2 Å². The van der Waals surface area contributed by atoms with Gasteiger partial charge in [-0.3, -0.25) is 4.79 Å². The van der Waals surface area contributed by atoms with E-state index in [1.165, 1.54) is 12.1 Å². The number of aliphatic carboxylic acids is 1. The molecule has 1 aromatic rings. The van der Waals surface area contributed by atoms with Gasteiger partial charge in [0.1, 0.15) is 17.0 Å². The van der Waals surface area contributed by atoms with Gasteiger partial charge in [-0.25, -0.2) is 9.18 Å². The molecule has 2 bridgehead atoms. The highest BCUT2D eigenvalue weighted by Crippen LogP contribution is 2.43. The lowest BCUT2D eigenvalue weighted by molar-refractivity contribution is -0.132. The van der Waals surface area contributed by atoms with Gasteiger partial charge in [-0.1, -0.05) is 13.0 Å². The zero-order valence-corrected chi connectivity index (χ0v) is 16.9. The minimum absolute atomic E-state index is 0.130. The number of benzene rings is 1. The van der Waals surface area contributed by atoms with Gasteiger partial charge >= 0.3 is 5.97 Å². The Morgan fingerprint density at radius 1 is 1.28 bits per heavy atom. The second-order valence-corrected chi connectivity index (χ2v) is 8.43. The van der Waals surface area contributed by atoms with E-state index in [4.69, 9.17) is 4.74 Å². The number of nitrogens with zero attached hydrogens (tertiary/aromatic N) is 2. The van der Waals surface area contributed by atoms with Crippen molar-refractivity contribution in [1.29, 1.82) is 0 Å². The fourth-order valence-corrected chi connectivity index (χ4v) is 4.61. The van der Waals surface area contributed by atoms with Gasteiger partial charge < -0.3 is 19.6 Å². The Labute approximate surface area is 169 Å². The number of anilines is 1. The fourth-order valence-electron chi connectivity index (χ4n) is 4.61. The van der Waals surface area contributed by atoms with E-state index in [0.29, 0.717) is 49.5 Å². The summed E-state index contributed by atoms with van der Waals surface area (Å²) < 4.78 is 21.5. The molecule has 4 rings (SSSR count). The van der Waals surface area contributed by atoms with Gasteiger partial charge in [0.2, 0.25) is 5.78 Å². The van der Waals surface area contributed by atoms with E-state index in [2.05, 4.69) is 11.8 Å². The lowest BCUT2D eigenvalue weighted by atomic mass is 9.84. The second kappa shape index (κ2) is 7.78. The fraction of sp³-hybridized carbons (Fsp3) is 0.545. The third-order valence-corrected chi connectivity index (χ3v) is 6.50. The molecule has 29 heavy (non-hydrogen) atoms. The zero-order valence-electron chi connectivity index (χ0n) is 16.9. The molecular formula is C22H27FN2O4. The van der Waals surface area contributed by atoms with Crippen LogP contribution in [0.4, 0.5) is 10.1 Å². The number of fused-ring (bicyclic) bond motifs is 1. The van der Waals surface area contributed by atoms with Crippen LogP contribution in [0.2, 0.25) is 0 Å². The number of likely N-dealkylation sites (N-methyl/N-ethyl adjacent to an activating group) is 1. The van der Waals surface area contributed by atoms with Crippen LogP contribution in [0, 0.1) is 17.7 Å². The maximum absolute atomic E-state index is 15.3. The van der Waals surface area contributed by atoms with Crippen LogP contribution in [0.5, 0.6) is 5.75 Å². The van der Waals surface area contributed by atoms with Gasteiger partial charge in [-0.05, 0) is 44.2 Å². The van der Waals surface area contributed by atoms with Crippen molar-refractivity contribution >= 4 is 17.4 Å². The SMILES string of the molecule is CC1COc2c3c(cc(F)c2N2CCN(C)CC2)C(=O)/C(C(=O)O)=C\CCC1C3. The van der Waals surface area contributed by atoms with Crippen molar-refractivity contribution < 1.29 is 23.8 Å². The number of ketones is 1. The number of Topliss-reactive ketones (excluding diaryl/α,β-unsaturated/α-hetero) is 1. The summed E-state index contributed by atoms with van der Waals surface area (Å²) in [6, 6.07) is 1.23. The van der Waals surface area contributed by atoms with Gasteiger partial charge in [0.15, 0.2) is 5.82 Å². The lowest BCUT2D eigenvalue weighted by Gasteiger charge is -2.35. The normalized spacial score (nSPS) is 27.1. The topological polar surface area (TPSA) is 70.1 Å². The highest BCUT2D eigenvalue weighted by atomic mass is 19.1. The summed E-state index contributed by atoms with van der Waals surface area (Å²) in [7, 11) is 2.04. The number of carbonyl (C=O) groups is 2. The summed E-state index contributed by atoms with van der Waals surface area (Å²) in [4.78, 5) is 28.9. The molecule has 3 aliphatic rings. The van der Waals surface area contributed by atoms with E-state index >= 15 is 4.39 Å². The van der Waals surface area contributed by atoms with Gasteiger partial charge in [-0.2, -0.15) is 0 Å². The summed E-state index contributed by atoms with van der Waals surface area (Å²) in [6.45, 7) is 5.56. The van der Waals surface area contributed by atoms with Crippen LogP contribution >= 0.6 is 0 Å². The monoisotopic (exact) mass is 402 g/mol. The first-order chi connectivity index (χ1) is 13.9. The van der Waals surface area contributed by atoms with Crippen molar-refractivity contribution in [3.05, 3.63) is 34.7 Å². The number of rotatable bonds is 2. The Morgan fingerprint density at radius 3 is 2.69 bits per heavy atom. The van der Waals surface area contributed by atoms with E-state index in [9.17, 15) is 14.7 Å². The summed E-state index contributed by atoms with van der Waals surface area (Å²) in [5.74, 6) is -1.51. The lowest BCUT2D eigenvalue weighted by Crippen LogP contribution is -2.45. The molecule has 1 saturated heterocycles. The molecule has 0 aromatic heterocycles. The summed E-state index contributed by atoms with van der Waals surface area (Å²) in [5, 5.41) is 9.53. The molecule has 7 heteroatoms. The molecule has 2 unspecified atom stereocenters. The van der Waals surface area contributed by atoms with Crippen LogP contribution in [-0.2, 0) is 11.2 Å². The maximum atomic E-state index is 15.3. The highest BCUT2D eigenvalue weighted by Gasteiger charge is 2.35. The molecule has 156 valence electrons. The molecule has 0 amide bonds. The molecule has 2 heterocycles. The number of ether oxygens (including phenoxy) is 1. The quantitative estimate of drug-likeness (QED) is 0.767. The van der Waals surface area contributed by atoms with Crippen LogP contribution in [0.15, 0.2) is 17.7 Å². The third-order valence-electron chi connectivity index (χ3n) is 6.50. The predicted molar refractivity (Wildman–Crippen MR) is 107 cm³/mol. The first kappa shape index (κ1) is 19.9. The Balaban J connectivity index is 1.88. The number of halogens is 1. The average molecular weight is 402 g/mol. The van der Waals surface area contributed by atoms with Gasteiger partial charge in [-0.15, -0.1) is 0 Å². The number of hydrogen-bond acceptors (Lipinski definition) is 5. The number of carboxylic acid groups (broad SMARTS) is 1. The van der Waals surface area contributed by atoms with Crippen molar-refractivity contribution in [2.75, 3.05) is 44.7 Å². The van der Waals surface area contributed by atoms with Crippen LogP contribution < -0.4 is 9.64 Å². The number of piperazine rings is 1. The number of carbonyl (C=O) groups excluding carboxylic acids is 1. The highest BCUT2D eigenvalue weighted by molar-refractivity contribution is 6.24. The van der Waals surface area contributed by atoms with Crippen molar-refractivity contribution in [2.24, 2.45) is 11.8 Å². The van der Waals surface area contributed by atoms with Crippen molar-refractivity contribution in [3.8, 4) is 5.75 Å². The number of hydrogen-bond donors (Lipinski definition) is 1. The van der Waals surface area contributed by atoms with E-state index in [0.717, 1.165) is 19.5 Å². The van der Waals surface area contributed by atoms with Crippen molar-refractivity contribution in [1.82, 2.24) is 4.90 Å². The molecule has 1 fully saturated rings. The van der Waals surface area contributed by atoms with Gasteiger partial charge in [0.05, 0.1) is 6.61 Å². The Kier molecular flexibility index (Phi) is 5.34. The smallest absolute Gasteiger partial charge is 0.339 e. The third kappa shape index (κ3) is 3.64. The Morgan fingerprint density at radius 2 is 2.00 bits per heavy atom. The molecular weight excluding hydrogens is 375 g/mol. The van der Waals surface area contributed by atoms with Gasteiger partial charge in [0.25, 0.3) is 0 Å². The average Bonchev–Trinajstić information content (AvgIpc) is 2.79. The molecule has 1 aromatic carbocycles. The predicted octanol–water partition coefficient (Wildman–Crippen LogP) is 2.75. The van der Waals surface area contributed by atoms with Crippen LogP contribution in [0.1, 0.15) is 35.7 Å². The standard InChI is InChI=1S/C22H27FN2O4/c1-13-12-29-21-17-10-14(13)4-3-5-15(22(27)28)20(26)16(17)11-18(23)19(21)25-8-6-24(2)7-9-25/h5,11,13-14H,3-4,6-10,12H2,1-2H3,(H,27,28)/b15-5+. The molecule has 2 aliphatic heterocycles. The second-order valence-electron chi connectivity index (χ2n) is 8.43. The Bertz CT molecular complexity index is 874. The summed E-state index contributed by atoms with van der Waals surface area (Å²) in [5.41, 5.74) is 0.925.